The van der Waals surface area contributed by atoms with Crippen LogP contribution in [0, 0.1) is 5.41 Å². The number of fused-ring (bicyclic) bond motifs is 1. The van der Waals surface area contributed by atoms with Crippen molar-refractivity contribution in [3.8, 4) is 17.0 Å². The fraction of sp³-hybridized carbons (Fsp3) is 0.407. The van der Waals surface area contributed by atoms with Crippen LogP contribution in [0.25, 0.3) is 11.3 Å². The Labute approximate surface area is 217 Å². The second kappa shape index (κ2) is 10.2. The van der Waals surface area contributed by atoms with Crippen molar-refractivity contribution in [2.24, 2.45) is 5.41 Å². The summed E-state index contributed by atoms with van der Waals surface area (Å²) < 4.78 is 50.1. The Kier molecular flexibility index (Phi) is 6.95. The molecule has 0 aliphatic carbocycles. The van der Waals surface area contributed by atoms with Crippen LogP contribution in [0.15, 0.2) is 48.7 Å². The lowest BCUT2D eigenvalue weighted by Crippen LogP contribution is -2.60. The lowest BCUT2D eigenvalue weighted by Gasteiger charge is -2.50. The molecule has 2 saturated heterocycles. The maximum atomic E-state index is 13.5. The van der Waals surface area contributed by atoms with Gasteiger partial charge in [-0.2, -0.15) is 13.2 Å². The van der Waals surface area contributed by atoms with E-state index in [-0.39, 0.29) is 24.2 Å². The minimum absolute atomic E-state index is 0.135. The number of aromatic nitrogens is 2. The van der Waals surface area contributed by atoms with Crippen LogP contribution in [0.3, 0.4) is 0 Å². The molecule has 3 N–H and O–H groups in total. The van der Waals surface area contributed by atoms with Crippen LogP contribution in [0.2, 0.25) is 0 Å². The number of carbonyl (C=O) groups excluding carboxylic acids is 2. The Balaban J connectivity index is 1.30. The van der Waals surface area contributed by atoms with E-state index in [1.807, 2.05) is 24.3 Å². The highest BCUT2D eigenvalue weighted by molar-refractivity contribution is 5.95. The van der Waals surface area contributed by atoms with E-state index in [1.165, 1.54) is 0 Å². The average molecular weight is 531 g/mol. The molecule has 202 valence electrons. The maximum absolute atomic E-state index is 13.5. The van der Waals surface area contributed by atoms with E-state index in [9.17, 15) is 22.8 Å². The standard InChI is InChI=1S/C27H29F3N4O4/c1-37-19-5-2-4-17(12-19)21-13-18(14-31-21)25(36)34-10-8-23-26(16-34,9-3-11-38-23)15-32-24(35)20-6-7-22(33-20)27(28,29)30/h2,4-7,12-14,23,31,33H,3,8-11,15-16H2,1H3,(H,32,35)/t23-,26-/m1/s1. The molecule has 0 spiro atoms. The number of H-pyrrole nitrogens is 2. The van der Waals surface area contributed by atoms with Crippen molar-refractivity contribution in [2.45, 2.75) is 31.5 Å². The van der Waals surface area contributed by atoms with Crippen molar-refractivity contribution in [1.29, 1.82) is 0 Å². The Morgan fingerprint density at radius 3 is 2.84 bits per heavy atom. The molecule has 0 radical (unpaired) electrons. The lowest BCUT2D eigenvalue weighted by atomic mass is 9.72. The van der Waals surface area contributed by atoms with Gasteiger partial charge in [0, 0.05) is 49.1 Å². The molecule has 11 heteroatoms. The molecule has 0 saturated carbocycles. The number of piperidine rings is 1. The molecule has 2 aliphatic rings. The van der Waals surface area contributed by atoms with Crippen molar-refractivity contribution in [3.05, 3.63) is 65.6 Å². The van der Waals surface area contributed by atoms with Gasteiger partial charge < -0.3 is 29.7 Å². The molecule has 2 amide bonds. The van der Waals surface area contributed by atoms with Crippen molar-refractivity contribution in [3.63, 3.8) is 0 Å². The minimum atomic E-state index is -4.56. The van der Waals surface area contributed by atoms with Crippen LogP contribution in [-0.2, 0) is 10.9 Å². The SMILES string of the molecule is COc1cccc(-c2cc(C(=O)N3CC[C@H]4OCCC[C@@]4(CNC(=O)c4ccc(C(F)(F)F)[nH]4)C3)c[nH]2)c1. The summed E-state index contributed by atoms with van der Waals surface area (Å²) in [4.78, 5) is 33.2. The highest BCUT2D eigenvalue weighted by Crippen LogP contribution is 2.40. The van der Waals surface area contributed by atoms with Gasteiger partial charge in [0.15, 0.2) is 0 Å². The number of nitrogens with zero attached hydrogens (tertiary/aromatic N) is 1. The molecule has 2 fully saturated rings. The minimum Gasteiger partial charge on any atom is -0.497 e. The number of benzene rings is 1. The molecule has 8 nitrogen and oxygen atoms in total. The second-order valence-electron chi connectivity index (χ2n) is 9.84. The average Bonchev–Trinajstić information content (AvgIpc) is 3.62. The predicted octanol–water partition coefficient (Wildman–Crippen LogP) is 4.48. The Morgan fingerprint density at radius 2 is 2.08 bits per heavy atom. The molecule has 2 aromatic heterocycles. The number of carbonyl (C=O) groups is 2. The summed E-state index contributed by atoms with van der Waals surface area (Å²) in [6.07, 6.45) is -0.946. The number of hydrogen-bond donors (Lipinski definition) is 3. The van der Waals surface area contributed by atoms with Gasteiger partial charge in [-0.3, -0.25) is 9.59 Å². The molecule has 2 atom stereocenters. The van der Waals surface area contributed by atoms with E-state index >= 15 is 0 Å². The Morgan fingerprint density at radius 1 is 1.24 bits per heavy atom. The van der Waals surface area contributed by atoms with Crippen LogP contribution in [-0.4, -0.2) is 66.1 Å². The van der Waals surface area contributed by atoms with Gasteiger partial charge in [0.25, 0.3) is 11.8 Å². The van der Waals surface area contributed by atoms with E-state index in [2.05, 4.69) is 15.3 Å². The smallest absolute Gasteiger partial charge is 0.431 e. The number of rotatable bonds is 6. The van der Waals surface area contributed by atoms with Gasteiger partial charge in [0.1, 0.15) is 17.1 Å². The summed E-state index contributed by atoms with van der Waals surface area (Å²) in [6.45, 7) is 1.66. The summed E-state index contributed by atoms with van der Waals surface area (Å²) >= 11 is 0. The summed E-state index contributed by atoms with van der Waals surface area (Å²) in [5, 5.41) is 2.79. The third-order valence-corrected chi connectivity index (χ3v) is 7.42. The number of aromatic amines is 2. The highest BCUT2D eigenvalue weighted by atomic mass is 19.4. The second-order valence-corrected chi connectivity index (χ2v) is 9.84. The number of alkyl halides is 3. The zero-order valence-corrected chi connectivity index (χ0v) is 20.9. The predicted molar refractivity (Wildman–Crippen MR) is 133 cm³/mol. The highest BCUT2D eigenvalue weighted by Gasteiger charge is 2.47. The zero-order chi connectivity index (χ0) is 26.9. The third kappa shape index (κ3) is 5.15. The van der Waals surface area contributed by atoms with Crippen LogP contribution < -0.4 is 10.1 Å². The summed E-state index contributed by atoms with van der Waals surface area (Å²) in [7, 11) is 1.59. The molecule has 5 rings (SSSR count). The van der Waals surface area contributed by atoms with E-state index in [0.717, 1.165) is 36.2 Å². The summed E-state index contributed by atoms with van der Waals surface area (Å²) in [6, 6.07) is 11.3. The van der Waals surface area contributed by atoms with E-state index in [1.54, 1.807) is 24.3 Å². The molecule has 4 heterocycles. The summed E-state index contributed by atoms with van der Waals surface area (Å²) in [5.41, 5.74) is 0.516. The molecular weight excluding hydrogens is 501 g/mol. The van der Waals surface area contributed by atoms with Crippen molar-refractivity contribution in [1.82, 2.24) is 20.2 Å². The number of likely N-dealkylation sites (tertiary alicyclic amines) is 1. The van der Waals surface area contributed by atoms with E-state index in [4.69, 9.17) is 9.47 Å². The van der Waals surface area contributed by atoms with Crippen LogP contribution >= 0.6 is 0 Å². The molecule has 2 aliphatic heterocycles. The van der Waals surface area contributed by atoms with Gasteiger partial charge in [-0.05, 0) is 49.6 Å². The van der Waals surface area contributed by atoms with Crippen LogP contribution in [0.1, 0.15) is 45.8 Å². The van der Waals surface area contributed by atoms with Gasteiger partial charge in [-0.15, -0.1) is 0 Å². The van der Waals surface area contributed by atoms with Gasteiger partial charge >= 0.3 is 6.18 Å². The van der Waals surface area contributed by atoms with Crippen molar-refractivity contribution < 1.29 is 32.2 Å². The fourth-order valence-corrected chi connectivity index (χ4v) is 5.42. The Bertz CT molecular complexity index is 1320. The number of halogens is 3. The third-order valence-electron chi connectivity index (χ3n) is 7.42. The van der Waals surface area contributed by atoms with E-state index < -0.39 is 23.2 Å². The first kappa shape index (κ1) is 25.9. The normalized spacial score (nSPS) is 21.6. The monoisotopic (exact) mass is 530 g/mol. The largest absolute Gasteiger partial charge is 0.497 e. The summed E-state index contributed by atoms with van der Waals surface area (Å²) in [5.74, 6) is -0.0529. The quantitative estimate of drug-likeness (QED) is 0.438. The number of ether oxygens (including phenoxy) is 2. The molecule has 1 aromatic carbocycles. The van der Waals surface area contributed by atoms with Gasteiger partial charge in [-0.25, -0.2) is 0 Å². The fourth-order valence-electron chi connectivity index (χ4n) is 5.42. The first-order valence-electron chi connectivity index (χ1n) is 12.5. The van der Waals surface area contributed by atoms with Gasteiger partial charge in [-0.1, -0.05) is 12.1 Å². The first-order valence-corrected chi connectivity index (χ1v) is 12.5. The van der Waals surface area contributed by atoms with Crippen molar-refractivity contribution in [2.75, 3.05) is 33.4 Å². The number of methoxy groups -OCH3 is 1. The van der Waals surface area contributed by atoms with Crippen molar-refractivity contribution >= 4 is 11.8 Å². The van der Waals surface area contributed by atoms with Gasteiger partial charge in [0.05, 0.1) is 18.8 Å². The Hall–Kier alpha value is -3.73. The van der Waals surface area contributed by atoms with Gasteiger partial charge in [0.2, 0.25) is 0 Å². The maximum Gasteiger partial charge on any atom is 0.431 e. The lowest BCUT2D eigenvalue weighted by molar-refractivity contribution is -0.140. The first-order chi connectivity index (χ1) is 18.2. The molecule has 3 aromatic rings. The number of nitrogens with one attached hydrogen (secondary N) is 3. The molecule has 0 bridgehead atoms. The molecule has 38 heavy (non-hydrogen) atoms. The number of amides is 2. The number of hydrogen-bond acceptors (Lipinski definition) is 4. The van der Waals surface area contributed by atoms with Crippen LogP contribution in [0.4, 0.5) is 13.2 Å². The molecular formula is C27H29F3N4O4. The zero-order valence-electron chi connectivity index (χ0n) is 20.9. The molecule has 0 unspecified atom stereocenters. The van der Waals surface area contributed by atoms with E-state index in [0.29, 0.717) is 37.4 Å². The topological polar surface area (TPSA) is 99.4 Å². The van der Waals surface area contributed by atoms with Crippen LogP contribution in [0.5, 0.6) is 5.75 Å².